The Balaban J connectivity index is 0.00000156. The van der Waals surface area contributed by atoms with Gasteiger partial charge in [-0.25, -0.2) is 0 Å². The summed E-state index contributed by atoms with van der Waals surface area (Å²) in [5.41, 5.74) is 4.10. The van der Waals surface area contributed by atoms with Gasteiger partial charge in [0.25, 0.3) is 0 Å². The number of fused-ring (bicyclic) bond motifs is 1. The van der Waals surface area contributed by atoms with Crippen molar-refractivity contribution in [1.29, 1.82) is 0 Å². The topological polar surface area (TPSA) is 83.1 Å². The Morgan fingerprint density at radius 2 is 1.70 bits per heavy atom. The molecule has 0 atom stereocenters. The Morgan fingerprint density at radius 1 is 1.00 bits per heavy atom. The molecule has 23 heavy (non-hydrogen) atoms. The molecule has 3 aromatic rings. The number of nitrogens with zero attached hydrogens (tertiary/aromatic N) is 2. The molecule has 0 aliphatic carbocycles. The van der Waals surface area contributed by atoms with Crippen LogP contribution in [0.2, 0.25) is 0 Å². The van der Waals surface area contributed by atoms with E-state index in [0.29, 0.717) is 17.1 Å². The van der Waals surface area contributed by atoms with Gasteiger partial charge in [-0.1, -0.05) is 24.3 Å². The molecule has 0 radical (unpaired) electrons. The van der Waals surface area contributed by atoms with Gasteiger partial charge in [-0.2, -0.15) is 15.4 Å². The van der Waals surface area contributed by atoms with E-state index < -0.39 is 0 Å². The average Bonchev–Trinajstić information content (AvgIpc) is 3.16. The predicted octanol–water partition coefficient (Wildman–Crippen LogP) is -0.747. The standard InChI is InChI=1S/C16H13N3O3.Na/c1-9-6-11(7-13-16(9)22-8-21-13)15-14(17-19-18-15)10-2-4-12(20)5-3-10;/h2-7,20H,8H2,1H3,(H,17,18,19);/q;+1/p-1. The second-order valence-corrected chi connectivity index (χ2v) is 5.07. The first kappa shape index (κ1) is 15.9. The molecule has 1 aliphatic rings. The summed E-state index contributed by atoms with van der Waals surface area (Å²) in [7, 11) is 0. The molecule has 0 unspecified atom stereocenters. The van der Waals surface area contributed by atoms with Crippen LogP contribution in [0.3, 0.4) is 0 Å². The summed E-state index contributed by atoms with van der Waals surface area (Å²) in [5.74, 6) is 1.44. The zero-order chi connectivity index (χ0) is 15.1. The van der Waals surface area contributed by atoms with Gasteiger partial charge in [-0.05, 0) is 24.6 Å². The van der Waals surface area contributed by atoms with E-state index in [1.165, 1.54) is 12.1 Å². The molecule has 6 nitrogen and oxygen atoms in total. The van der Waals surface area contributed by atoms with Gasteiger partial charge in [0.15, 0.2) is 11.5 Å². The molecular weight excluding hydrogens is 305 g/mol. The van der Waals surface area contributed by atoms with Gasteiger partial charge in [-0.15, -0.1) is 5.75 Å². The van der Waals surface area contributed by atoms with Gasteiger partial charge in [0.1, 0.15) is 11.4 Å². The summed E-state index contributed by atoms with van der Waals surface area (Å²) in [6.07, 6.45) is 0. The molecular formula is C16H12N3NaO3. The van der Waals surface area contributed by atoms with Crippen LogP contribution in [0.5, 0.6) is 17.2 Å². The van der Waals surface area contributed by atoms with E-state index in [2.05, 4.69) is 15.4 Å². The van der Waals surface area contributed by atoms with Crippen molar-refractivity contribution >= 4 is 0 Å². The number of hydrogen-bond acceptors (Lipinski definition) is 5. The fourth-order valence-electron chi connectivity index (χ4n) is 2.57. The Hall–Kier alpha value is -2.02. The number of aryl methyl sites for hydroxylation is 1. The van der Waals surface area contributed by atoms with Crippen molar-refractivity contribution in [3.8, 4) is 39.8 Å². The Kier molecular flexibility index (Phi) is 4.30. The van der Waals surface area contributed by atoms with Crippen LogP contribution >= 0.6 is 0 Å². The maximum atomic E-state index is 11.2. The Labute approximate surface area is 154 Å². The summed E-state index contributed by atoms with van der Waals surface area (Å²) in [5, 5.41) is 22.3. The number of rotatable bonds is 2. The first-order valence-corrected chi connectivity index (χ1v) is 6.81. The summed E-state index contributed by atoms with van der Waals surface area (Å²) in [6.45, 7) is 2.19. The summed E-state index contributed by atoms with van der Waals surface area (Å²) in [4.78, 5) is 0. The van der Waals surface area contributed by atoms with Crippen molar-refractivity contribution in [3.63, 3.8) is 0 Å². The molecule has 7 heteroatoms. The molecule has 110 valence electrons. The largest absolute Gasteiger partial charge is 1.00 e. The van der Waals surface area contributed by atoms with E-state index in [1.54, 1.807) is 12.1 Å². The molecule has 0 amide bonds. The second kappa shape index (κ2) is 6.23. The van der Waals surface area contributed by atoms with Crippen molar-refractivity contribution in [1.82, 2.24) is 15.4 Å². The minimum atomic E-state index is -0.0345. The smallest absolute Gasteiger partial charge is 0.872 e. The maximum Gasteiger partial charge on any atom is 1.00 e. The zero-order valence-electron chi connectivity index (χ0n) is 12.8. The molecule has 0 bridgehead atoms. The quantitative estimate of drug-likeness (QED) is 0.629. The van der Waals surface area contributed by atoms with E-state index in [9.17, 15) is 5.11 Å². The van der Waals surface area contributed by atoms with Crippen molar-refractivity contribution in [2.24, 2.45) is 0 Å². The normalized spacial score (nSPS) is 12.0. The van der Waals surface area contributed by atoms with Crippen LogP contribution < -0.4 is 44.1 Å². The zero-order valence-corrected chi connectivity index (χ0v) is 14.8. The molecule has 1 aromatic heterocycles. The number of aromatic amines is 1. The van der Waals surface area contributed by atoms with E-state index in [-0.39, 0.29) is 42.1 Å². The molecule has 0 saturated carbocycles. The third-order valence-electron chi connectivity index (χ3n) is 3.61. The Morgan fingerprint density at radius 3 is 2.43 bits per heavy atom. The molecule has 2 aromatic carbocycles. The van der Waals surface area contributed by atoms with Crippen molar-refractivity contribution in [2.45, 2.75) is 6.92 Å². The van der Waals surface area contributed by atoms with Crippen molar-refractivity contribution < 1.29 is 44.1 Å². The molecule has 1 aliphatic heterocycles. The van der Waals surface area contributed by atoms with Crippen LogP contribution in [0, 0.1) is 6.92 Å². The van der Waals surface area contributed by atoms with E-state index in [0.717, 1.165) is 22.4 Å². The van der Waals surface area contributed by atoms with Gasteiger partial charge in [0, 0.05) is 11.1 Å². The van der Waals surface area contributed by atoms with Gasteiger partial charge < -0.3 is 14.6 Å². The van der Waals surface area contributed by atoms with E-state index in [1.807, 2.05) is 19.1 Å². The first-order chi connectivity index (χ1) is 10.7. The molecule has 0 spiro atoms. The second-order valence-electron chi connectivity index (χ2n) is 5.07. The number of benzene rings is 2. The third kappa shape index (κ3) is 2.81. The minimum Gasteiger partial charge on any atom is -0.872 e. The molecule has 2 heterocycles. The number of H-pyrrole nitrogens is 1. The number of aromatic nitrogens is 3. The predicted molar refractivity (Wildman–Crippen MR) is 77.6 cm³/mol. The number of ether oxygens (including phenoxy) is 2. The molecule has 0 saturated heterocycles. The number of nitrogens with one attached hydrogen (secondary N) is 1. The summed E-state index contributed by atoms with van der Waals surface area (Å²) < 4.78 is 10.9. The number of hydrogen-bond donors (Lipinski definition) is 1. The SMILES string of the molecule is Cc1cc(-c2n[nH]nc2-c2ccc([O-])cc2)cc2c1OCO2.[Na+]. The maximum absolute atomic E-state index is 11.2. The fourth-order valence-corrected chi connectivity index (χ4v) is 2.57. The summed E-state index contributed by atoms with van der Waals surface area (Å²) in [6, 6.07) is 10.4. The van der Waals surface area contributed by atoms with Gasteiger partial charge >= 0.3 is 29.6 Å². The van der Waals surface area contributed by atoms with Crippen LogP contribution in [0.25, 0.3) is 22.5 Å². The van der Waals surface area contributed by atoms with Gasteiger partial charge in [0.2, 0.25) is 6.79 Å². The van der Waals surface area contributed by atoms with Crippen molar-refractivity contribution in [2.75, 3.05) is 6.79 Å². The van der Waals surface area contributed by atoms with E-state index >= 15 is 0 Å². The van der Waals surface area contributed by atoms with Crippen LogP contribution in [0.15, 0.2) is 36.4 Å². The first-order valence-electron chi connectivity index (χ1n) is 6.81. The Bertz CT molecular complexity index is 846. The average molecular weight is 317 g/mol. The summed E-state index contributed by atoms with van der Waals surface area (Å²) >= 11 is 0. The van der Waals surface area contributed by atoms with Crippen LogP contribution in [0.4, 0.5) is 0 Å². The molecule has 0 fully saturated rings. The van der Waals surface area contributed by atoms with Crippen molar-refractivity contribution in [3.05, 3.63) is 42.0 Å². The van der Waals surface area contributed by atoms with Crippen LogP contribution in [-0.2, 0) is 0 Å². The monoisotopic (exact) mass is 317 g/mol. The fraction of sp³-hybridized carbons (Fsp3) is 0.125. The van der Waals surface area contributed by atoms with Gasteiger partial charge in [0.05, 0.1) is 0 Å². The van der Waals surface area contributed by atoms with Crippen LogP contribution in [0.1, 0.15) is 5.56 Å². The molecule has 4 rings (SSSR count). The third-order valence-corrected chi connectivity index (χ3v) is 3.61. The van der Waals surface area contributed by atoms with Gasteiger partial charge in [-0.3, -0.25) is 0 Å². The minimum absolute atomic E-state index is 0. The van der Waals surface area contributed by atoms with Crippen LogP contribution in [-0.4, -0.2) is 22.2 Å². The van der Waals surface area contributed by atoms with E-state index in [4.69, 9.17) is 9.47 Å². The molecule has 1 N–H and O–H groups in total.